The summed E-state index contributed by atoms with van der Waals surface area (Å²) >= 11 is 0. The van der Waals surface area contributed by atoms with Crippen LogP contribution in [-0.4, -0.2) is 50.0 Å². The van der Waals surface area contributed by atoms with E-state index in [2.05, 4.69) is 5.32 Å². The van der Waals surface area contributed by atoms with Gasteiger partial charge in [-0.3, -0.25) is 4.79 Å². The molecule has 0 aliphatic rings. The van der Waals surface area contributed by atoms with E-state index in [9.17, 15) is 9.59 Å². The van der Waals surface area contributed by atoms with E-state index in [1.54, 1.807) is 7.11 Å². The van der Waals surface area contributed by atoms with Crippen LogP contribution in [0.5, 0.6) is 0 Å². The Morgan fingerprint density at radius 1 is 1.35 bits per heavy atom. The van der Waals surface area contributed by atoms with E-state index < -0.39 is 17.9 Å². The molecule has 0 saturated carbocycles. The van der Waals surface area contributed by atoms with E-state index in [1.807, 2.05) is 6.92 Å². The van der Waals surface area contributed by atoms with Crippen molar-refractivity contribution in [2.24, 2.45) is 0 Å². The van der Waals surface area contributed by atoms with E-state index in [0.29, 0.717) is 26.1 Å². The molecule has 0 spiro atoms. The lowest BCUT2D eigenvalue weighted by Crippen LogP contribution is -2.42. The van der Waals surface area contributed by atoms with Gasteiger partial charge in [-0.1, -0.05) is 6.92 Å². The largest absolute Gasteiger partial charge is 0.480 e. The summed E-state index contributed by atoms with van der Waals surface area (Å²) in [6.07, 6.45) is 1.76. The maximum atomic E-state index is 11.3. The molecular formula is C11H21NO5. The number of rotatable bonds is 10. The van der Waals surface area contributed by atoms with E-state index in [0.717, 1.165) is 6.42 Å². The summed E-state index contributed by atoms with van der Waals surface area (Å²) in [4.78, 5) is 22.2. The predicted octanol–water partition coefficient (Wildman–Crippen LogP) is 0.409. The monoisotopic (exact) mass is 247 g/mol. The van der Waals surface area contributed by atoms with Gasteiger partial charge in [0.1, 0.15) is 12.6 Å². The zero-order valence-corrected chi connectivity index (χ0v) is 10.4. The number of ether oxygens (including phenoxy) is 2. The number of aliphatic carboxylic acids is 1. The fourth-order valence-corrected chi connectivity index (χ4v) is 1.23. The lowest BCUT2D eigenvalue weighted by Gasteiger charge is -2.14. The highest BCUT2D eigenvalue weighted by Gasteiger charge is 2.19. The van der Waals surface area contributed by atoms with Crippen LogP contribution in [0.1, 0.15) is 26.2 Å². The second-order valence-electron chi connectivity index (χ2n) is 3.65. The summed E-state index contributed by atoms with van der Waals surface area (Å²) in [6, 6.07) is -0.872. The van der Waals surface area contributed by atoms with Crippen molar-refractivity contribution in [2.45, 2.75) is 32.2 Å². The Morgan fingerprint density at radius 2 is 2.06 bits per heavy atom. The number of hydrogen-bond acceptors (Lipinski definition) is 4. The van der Waals surface area contributed by atoms with E-state index in [-0.39, 0.29) is 6.61 Å². The van der Waals surface area contributed by atoms with Gasteiger partial charge in [-0.25, -0.2) is 4.79 Å². The quantitative estimate of drug-likeness (QED) is 0.546. The Balaban J connectivity index is 3.89. The molecule has 0 rings (SSSR count). The Hall–Kier alpha value is -1.14. The number of hydrogen-bond donors (Lipinski definition) is 2. The molecule has 0 saturated heterocycles. The molecule has 2 N–H and O–H groups in total. The van der Waals surface area contributed by atoms with Crippen molar-refractivity contribution < 1.29 is 24.2 Å². The highest BCUT2D eigenvalue weighted by molar-refractivity contribution is 5.84. The molecule has 1 atom stereocenters. The van der Waals surface area contributed by atoms with Crippen molar-refractivity contribution in [3.63, 3.8) is 0 Å². The number of amides is 1. The second-order valence-corrected chi connectivity index (χ2v) is 3.65. The third-order valence-corrected chi connectivity index (χ3v) is 2.06. The minimum atomic E-state index is -1.04. The van der Waals surface area contributed by atoms with Crippen LogP contribution < -0.4 is 5.32 Å². The third-order valence-electron chi connectivity index (χ3n) is 2.06. The molecular weight excluding hydrogens is 226 g/mol. The van der Waals surface area contributed by atoms with Gasteiger partial charge >= 0.3 is 5.97 Å². The molecule has 0 aromatic heterocycles. The van der Waals surface area contributed by atoms with Crippen molar-refractivity contribution >= 4 is 11.9 Å². The fraction of sp³-hybridized carbons (Fsp3) is 0.818. The van der Waals surface area contributed by atoms with Gasteiger partial charge < -0.3 is 19.9 Å². The van der Waals surface area contributed by atoms with Crippen LogP contribution in [0.4, 0.5) is 0 Å². The third kappa shape index (κ3) is 8.65. The highest BCUT2D eigenvalue weighted by Crippen LogP contribution is 1.98. The fourth-order valence-electron chi connectivity index (χ4n) is 1.23. The van der Waals surface area contributed by atoms with Gasteiger partial charge in [0.25, 0.3) is 0 Å². The van der Waals surface area contributed by atoms with Gasteiger partial charge in [-0.2, -0.15) is 0 Å². The van der Waals surface area contributed by atoms with Gasteiger partial charge in [0.15, 0.2) is 0 Å². The average Bonchev–Trinajstić information content (AvgIpc) is 2.28. The number of carboxylic acids is 1. The normalized spacial score (nSPS) is 12.1. The van der Waals surface area contributed by atoms with E-state index in [1.165, 1.54) is 0 Å². The topological polar surface area (TPSA) is 84.9 Å². The first-order chi connectivity index (χ1) is 8.11. The predicted molar refractivity (Wildman–Crippen MR) is 61.8 cm³/mol. The summed E-state index contributed by atoms with van der Waals surface area (Å²) in [6.45, 7) is 2.81. The van der Waals surface area contributed by atoms with Gasteiger partial charge in [-0.15, -0.1) is 0 Å². The first kappa shape index (κ1) is 15.9. The number of methoxy groups -OCH3 is 1. The summed E-state index contributed by atoms with van der Waals surface area (Å²) in [5, 5.41) is 11.3. The van der Waals surface area contributed by atoms with Gasteiger partial charge in [0.2, 0.25) is 5.91 Å². The smallest absolute Gasteiger partial charge is 0.326 e. The minimum absolute atomic E-state index is 0.0953. The molecule has 0 fully saturated rings. The molecule has 6 heteroatoms. The SMILES string of the molecule is CCCOCC(=O)NC(CCCOC)C(=O)O. The molecule has 0 radical (unpaired) electrons. The highest BCUT2D eigenvalue weighted by atomic mass is 16.5. The van der Waals surface area contributed by atoms with Crippen LogP contribution in [0.3, 0.4) is 0 Å². The Kier molecular flexibility index (Phi) is 9.37. The van der Waals surface area contributed by atoms with Crippen LogP contribution >= 0.6 is 0 Å². The molecule has 6 nitrogen and oxygen atoms in total. The lowest BCUT2D eigenvalue weighted by molar-refractivity contribution is -0.142. The average molecular weight is 247 g/mol. The van der Waals surface area contributed by atoms with Crippen molar-refractivity contribution in [3.8, 4) is 0 Å². The maximum Gasteiger partial charge on any atom is 0.326 e. The maximum absolute atomic E-state index is 11.3. The minimum Gasteiger partial charge on any atom is -0.480 e. The van der Waals surface area contributed by atoms with Crippen molar-refractivity contribution in [1.29, 1.82) is 0 Å². The number of carbonyl (C=O) groups excluding carboxylic acids is 1. The van der Waals surface area contributed by atoms with Crippen LogP contribution in [0.15, 0.2) is 0 Å². The first-order valence-corrected chi connectivity index (χ1v) is 5.70. The van der Waals surface area contributed by atoms with Gasteiger partial charge in [0, 0.05) is 20.3 Å². The summed E-state index contributed by atoms with van der Waals surface area (Å²) in [7, 11) is 1.55. The molecule has 17 heavy (non-hydrogen) atoms. The molecule has 0 bridgehead atoms. The van der Waals surface area contributed by atoms with Crippen LogP contribution in [0.2, 0.25) is 0 Å². The first-order valence-electron chi connectivity index (χ1n) is 5.70. The molecule has 0 aliphatic carbocycles. The summed E-state index contributed by atoms with van der Waals surface area (Å²) in [5.74, 6) is -1.44. The molecule has 1 unspecified atom stereocenters. The molecule has 0 aliphatic heterocycles. The molecule has 0 heterocycles. The molecule has 0 aromatic rings. The molecule has 0 aromatic carbocycles. The summed E-state index contributed by atoms with van der Waals surface area (Å²) in [5.41, 5.74) is 0. The van der Waals surface area contributed by atoms with Crippen LogP contribution in [0, 0.1) is 0 Å². The number of carbonyl (C=O) groups is 2. The van der Waals surface area contributed by atoms with Crippen LogP contribution in [-0.2, 0) is 19.1 Å². The zero-order chi connectivity index (χ0) is 13.1. The zero-order valence-electron chi connectivity index (χ0n) is 10.4. The molecule has 100 valence electrons. The molecule has 1 amide bonds. The van der Waals surface area contributed by atoms with E-state index in [4.69, 9.17) is 14.6 Å². The second kappa shape index (κ2) is 10.0. The number of nitrogens with one attached hydrogen (secondary N) is 1. The van der Waals surface area contributed by atoms with Gasteiger partial charge in [0.05, 0.1) is 0 Å². The Morgan fingerprint density at radius 3 is 2.59 bits per heavy atom. The number of carboxylic acid groups (broad SMARTS) is 1. The standard InChI is InChI=1S/C11H21NO5/c1-3-6-17-8-10(13)12-9(11(14)15)5-4-7-16-2/h9H,3-8H2,1-2H3,(H,12,13)(H,14,15). The van der Waals surface area contributed by atoms with E-state index >= 15 is 0 Å². The Bertz CT molecular complexity index is 232. The van der Waals surface area contributed by atoms with Crippen molar-refractivity contribution in [2.75, 3.05) is 26.9 Å². The van der Waals surface area contributed by atoms with Crippen LogP contribution in [0.25, 0.3) is 0 Å². The van der Waals surface area contributed by atoms with Gasteiger partial charge in [-0.05, 0) is 19.3 Å². The van der Waals surface area contributed by atoms with Crippen molar-refractivity contribution in [3.05, 3.63) is 0 Å². The van der Waals surface area contributed by atoms with Crippen molar-refractivity contribution in [1.82, 2.24) is 5.32 Å². The summed E-state index contributed by atoms with van der Waals surface area (Å²) < 4.78 is 9.85. The lowest BCUT2D eigenvalue weighted by atomic mass is 10.1. The Labute approximate surface area is 101 Å².